The van der Waals surface area contributed by atoms with Crippen molar-refractivity contribution < 1.29 is 19.1 Å². The Morgan fingerprint density at radius 2 is 2.03 bits per heavy atom. The second-order valence-electron chi connectivity index (χ2n) is 10.7. The fourth-order valence-electron chi connectivity index (χ4n) is 5.72. The number of rotatable bonds is 4. The number of nitrogens with one attached hydrogen (secondary N) is 1. The summed E-state index contributed by atoms with van der Waals surface area (Å²) in [6.45, 7) is 8.28. The van der Waals surface area contributed by atoms with Gasteiger partial charge in [-0.3, -0.25) is 4.79 Å². The van der Waals surface area contributed by atoms with E-state index in [0.29, 0.717) is 42.3 Å². The second kappa shape index (κ2) is 8.97. The zero-order chi connectivity index (χ0) is 26.6. The Morgan fingerprint density at radius 1 is 1.27 bits per heavy atom. The molecule has 0 aliphatic carbocycles. The highest BCUT2D eigenvalue weighted by molar-refractivity contribution is 6.10. The number of aryl methyl sites for hydroxylation is 1. The maximum absolute atomic E-state index is 15.8. The molecule has 2 amide bonds. The van der Waals surface area contributed by atoms with Gasteiger partial charge in [0.15, 0.2) is 0 Å². The quantitative estimate of drug-likeness (QED) is 0.495. The van der Waals surface area contributed by atoms with Crippen LogP contribution >= 0.6 is 0 Å². The van der Waals surface area contributed by atoms with Crippen LogP contribution in [0.2, 0.25) is 0 Å². The average molecular weight is 506 g/mol. The molecule has 194 valence electrons. The van der Waals surface area contributed by atoms with Crippen molar-refractivity contribution >= 4 is 34.4 Å². The molecule has 0 saturated carbocycles. The molecule has 2 atom stereocenters. The van der Waals surface area contributed by atoms with Crippen LogP contribution in [0.3, 0.4) is 0 Å². The second-order valence-corrected chi connectivity index (χ2v) is 10.7. The Balaban J connectivity index is 1.49. The lowest BCUT2D eigenvalue weighted by molar-refractivity contribution is -0.121. The smallest absolute Gasteiger partial charge is 0.407 e. The maximum Gasteiger partial charge on any atom is 0.407 e. The van der Waals surface area contributed by atoms with E-state index in [4.69, 9.17) is 0 Å². The van der Waals surface area contributed by atoms with E-state index in [-0.39, 0.29) is 17.6 Å². The van der Waals surface area contributed by atoms with Gasteiger partial charge < -0.3 is 20.2 Å². The van der Waals surface area contributed by atoms with E-state index >= 15 is 4.39 Å². The van der Waals surface area contributed by atoms with E-state index in [9.17, 15) is 14.7 Å². The Labute approximate surface area is 215 Å². The van der Waals surface area contributed by atoms with E-state index in [0.717, 1.165) is 28.6 Å². The summed E-state index contributed by atoms with van der Waals surface area (Å²) in [5.41, 5.74) is 2.86. The predicted molar refractivity (Wildman–Crippen MR) is 141 cm³/mol. The van der Waals surface area contributed by atoms with Gasteiger partial charge in [-0.15, -0.1) is 0 Å². The summed E-state index contributed by atoms with van der Waals surface area (Å²) in [5.74, 6) is 0.667. The highest BCUT2D eigenvalue weighted by Crippen LogP contribution is 2.43. The summed E-state index contributed by atoms with van der Waals surface area (Å²) in [5, 5.41) is 13.5. The summed E-state index contributed by atoms with van der Waals surface area (Å²) >= 11 is 0. The largest absolute Gasteiger partial charge is 0.465 e. The normalized spacial score (nSPS) is 19.7. The van der Waals surface area contributed by atoms with Crippen LogP contribution in [0.5, 0.6) is 0 Å². The lowest BCUT2D eigenvalue weighted by Gasteiger charge is -2.31. The molecule has 0 bridgehead atoms. The number of likely N-dealkylation sites (N-methyl/N-ethyl adjacent to an activating group) is 1. The molecular formula is C28H32FN5O3. The van der Waals surface area contributed by atoms with Crippen molar-refractivity contribution in [3.63, 3.8) is 0 Å². The Morgan fingerprint density at radius 3 is 2.76 bits per heavy atom. The number of halogens is 1. The van der Waals surface area contributed by atoms with Gasteiger partial charge in [-0.05, 0) is 63.8 Å². The van der Waals surface area contributed by atoms with Crippen LogP contribution in [0.1, 0.15) is 68.1 Å². The van der Waals surface area contributed by atoms with Gasteiger partial charge in [-0.25, -0.2) is 19.2 Å². The number of anilines is 2. The molecule has 3 aromatic rings. The van der Waals surface area contributed by atoms with Gasteiger partial charge >= 0.3 is 6.09 Å². The molecule has 2 N–H and O–H groups in total. The van der Waals surface area contributed by atoms with Gasteiger partial charge in [-0.2, -0.15) is 0 Å². The molecule has 1 unspecified atom stereocenters. The third-order valence-corrected chi connectivity index (χ3v) is 7.81. The molecule has 3 heterocycles. The van der Waals surface area contributed by atoms with Crippen LogP contribution in [-0.4, -0.2) is 52.1 Å². The number of aromatic nitrogens is 2. The van der Waals surface area contributed by atoms with E-state index in [1.165, 1.54) is 4.90 Å². The van der Waals surface area contributed by atoms with Crippen molar-refractivity contribution in [3.05, 3.63) is 58.7 Å². The first kappa shape index (κ1) is 24.9. The van der Waals surface area contributed by atoms with Gasteiger partial charge in [0.05, 0.1) is 17.0 Å². The standard InChI is InChI=1S/C28H32FN5O3/c1-15(18-9-6-10-19(24(18)29)17-8-7-11-34(14-17)27(36)37)30-25-20-12-23-21(13-22(20)31-16(2)32-25)28(3,4)26(35)33(23)5/h6,9-10,12-13,15,17H,7-8,11,14H2,1-5H3,(H,36,37)(H,30,31,32)/t15-,17?/m1/s1. The minimum absolute atomic E-state index is 0.0217. The number of carboxylic acid groups (broad SMARTS) is 1. The molecule has 9 heteroatoms. The average Bonchev–Trinajstić information content (AvgIpc) is 3.02. The van der Waals surface area contributed by atoms with E-state index in [1.54, 1.807) is 24.1 Å². The zero-order valence-corrected chi connectivity index (χ0v) is 21.8. The van der Waals surface area contributed by atoms with Crippen molar-refractivity contribution in [2.24, 2.45) is 0 Å². The van der Waals surface area contributed by atoms with Crippen molar-refractivity contribution in [1.82, 2.24) is 14.9 Å². The Bertz CT molecular complexity index is 1420. The van der Waals surface area contributed by atoms with Crippen LogP contribution in [0.25, 0.3) is 10.9 Å². The summed E-state index contributed by atoms with van der Waals surface area (Å²) < 4.78 is 15.8. The first-order valence-electron chi connectivity index (χ1n) is 12.6. The van der Waals surface area contributed by atoms with Crippen LogP contribution in [-0.2, 0) is 10.2 Å². The number of piperidine rings is 1. The minimum Gasteiger partial charge on any atom is -0.465 e. The van der Waals surface area contributed by atoms with Crippen molar-refractivity contribution in [1.29, 1.82) is 0 Å². The summed E-state index contributed by atoms with van der Waals surface area (Å²) in [6, 6.07) is 8.79. The highest BCUT2D eigenvalue weighted by Gasteiger charge is 2.42. The third kappa shape index (κ3) is 4.16. The summed E-state index contributed by atoms with van der Waals surface area (Å²) in [4.78, 5) is 36.6. The molecule has 1 fully saturated rings. The molecule has 1 saturated heterocycles. The van der Waals surface area contributed by atoms with E-state index < -0.39 is 17.6 Å². The van der Waals surface area contributed by atoms with Crippen LogP contribution in [0.4, 0.5) is 20.7 Å². The molecular weight excluding hydrogens is 473 g/mol. The summed E-state index contributed by atoms with van der Waals surface area (Å²) in [6.07, 6.45) is 0.484. The number of amides is 2. The minimum atomic E-state index is -0.968. The number of benzene rings is 2. The van der Waals surface area contributed by atoms with E-state index in [1.807, 2.05) is 45.9 Å². The Kier molecular flexibility index (Phi) is 6.04. The van der Waals surface area contributed by atoms with Crippen molar-refractivity contribution in [2.45, 2.75) is 57.9 Å². The monoisotopic (exact) mass is 505 g/mol. The predicted octanol–water partition coefficient (Wildman–Crippen LogP) is 5.36. The Hall–Kier alpha value is -3.75. The number of nitrogens with zero attached hydrogens (tertiary/aromatic N) is 4. The number of fused-ring (bicyclic) bond motifs is 2. The number of likely N-dealkylation sites (tertiary alicyclic amines) is 1. The molecule has 0 radical (unpaired) electrons. The molecule has 1 aromatic heterocycles. The van der Waals surface area contributed by atoms with Gasteiger partial charge in [0.2, 0.25) is 5.91 Å². The first-order chi connectivity index (χ1) is 17.5. The van der Waals surface area contributed by atoms with Gasteiger partial charge in [0.1, 0.15) is 17.5 Å². The van der Waals surface area contributed by atoms with Gasteiger partial charge in [0.25, 0.3) is 0 Å². The molecule has 5 rings (SSSR count). The van der Waals surface area contributed by atoms with Crippen LogP contribution in [0, 0.1) is 12.7 Å². The number of hydrogen-bond acceptors (Lipinski definition) is 5. The lowest BCUT2D eigenvalue weighted by Crippen LogP contribution is -2.38. The van der Waals surface area contributed by atoms with Crippen LogP contribution in [0.15, 0.2) is 30.3 Å². The van der Waals surface area contributed by atoms with Gasteiger partial charge in [-0.1, -0.05) is 18.2 Å². The molecule has 2 aromatic carbocycles. The third-order valence-electron chi connectivity index (χ3n) is 7.81. The topological polar surface area (TPSA) is 98.7 Å². The molecule has 2 aliphatic heterocycles. The summed E-state index contributed by atoms with van der Waals surface area (Å²) in [7, 11) is 1.77. The van der Waals surface area contributed by atoms with E-state index in [2.05, 4.69) is 15.3 Å². The molecule has 2 aliphatic rings. The first-order valence-corrected chi connectivity index (χ1v) is 12.6. The SMILES string of the molecule is Cc1nc(N[C@H](C)c2cccc(C3CCCN(C(=O)O)C3)c2F)c2cc3c(cc2n1)C(C)(C)C(=O)N3C. The molecule has 0 spiro atoms. The molecule has 8 nitrogen and oxygen atoms in total. The number of carbonyl (C=O) groups is 2. The zero-order valence-electron chi connectivity index (χ0n) is 21.8. The highest BCUT2D eigenvalue weighted by atomic mass is 19.1. The number of hydrogen-bond donors (Lipinski definition) is 2. The van der Waals surface area contributed by atoms with Crippen molar-refractivity contribution in [3.8, 4) is 0 Å². The van der Waals surface area contributed by atoms with Crippen LogP contribution < -0.4 is 10.2 Å². The molecule has 37 heavy (non-hydrogen) atoms. The maximum atomic E-state index is 15.8. The fraction of sp³-hybridized carbons (Fsp3) is 0.429. The number of carbonyl (C=O) groups excluding carboxylic acids is 1. The van der Waals surface area contributed by atoms with Crippen molar-refractivity contribution in [2.75, 3.05) is 30.4 Å². The van der Waals surface area contributed by atoms with Gasteiger partial charge in [0, 0.05) is 42.7 Å². The lowest BCUT2D eigenvalue weighted by atomic mass is 9.85. The fourth-order valence-corrected chi connectivity index (χ4v) is 5.72.